The predicted octanol–water partition coefficient (Wildman–Crippen LogP) is 2.51. The summed E-state index contributed by atoms with van der Waals surface area (Å²) >= 11 is 0. The first-order chi connectivity index (χ1) is 11.5. The molecule has 130 valence electrons. The normalized spacial score (nSPS) is 16.9. The first-order valence-electron chi connectivity index (χ1n) is 8.31. The van der Waals surface area contributed by atoms with Crippen molar-refractivity contribution in [3.05, 3.63) is 29.8 Å². The number of aliphatic carboxylic acids is 1. The first-order valence-corrected chi connectivity index (χ1v) is 8.31. The van der Waals surface area contributed by atoms with Crippen LogP contribution in [0.1, 0.15) is 49.4 Å². The molecule has 24 heavy (non-hydrogen) atoms. The monoisotopic (exact) mass is 333 g/mol. The molecule has 0 saturated carbocycles. The van der Waals surface area contributed by atoms with Crippen LogP contribution in [-0.4, -0.2) is 46.9 Å². The molecule has 1 N–H and O–H groups in total. The van der Waals surface area contributed by atoms with E-state index < -0.39 is 12.0 Å². The van der Waals surface area contributed by atoms with Crippen LogP contribution in [0, 0.1) is 0 Å². The predicted molar refractivity (Wildman–Crippen MR) is 88.2 cm³/mol. The van der Waals surface area contributed by atoms with Gasteiger partial charge in [-0.3, -0.25) is 9.59 Å². The second kappa shape index (κ2) is 8.47. The minimum atomic E-state index is -0.977. The molecule has 6 nitrogen and oxygen atoms in total. The number of amides is 1. The Morgan fingerprint density at radius 1 is 1.21 bits per heavy atom. The summed E-state index contributed by atoms with van der Waals surface area (Å²) in [6, 6.07) is 6.11. The van der Waals surface area contributed by atoms with Crippen molar-refractivity contribution in [3.8, 4) is 5.75 Å². The number of Topliss-reactive ketones (excluding diaryl/α,β-unsaturated/α-hetero) is 1. The summed E-state index contributed by atoms with van der Waals surface area (Å²) in [4.78, 5) is 36.8. The van der Waals surface area contributed by atoms with Crippen LogP contribution < -0.4 is 4.74 Å². The molecule has 1 aromatic carbocycles. The van der Waals surface area contributed by atoms with Crippen LogP contribution in [0.3, 0.4) is 0 Å². The lowest BCUT2D eigenvalue weighted by Gasteiger charge is -2.21. The van der Waals surface area contributed by atoms with Gasteiger partial charge in [0.05, 0.1) is 6.61 Å². The molecule has 0 spiro atoms. The van der Waals surface area contributed by atoms with Crippen molar-refractivity contribution >= 4 is 17.7 Å². The molecule has 1 aromatic rings. The van der Waals surface area contributed by atoms with Gasteiger partial charge >= 0.3 is 5.97 Å². The lowest BCUT2D eigenvalue weighted by molar-refractivity contribution is -0.148. The molecule has 0 aromatic heterocycles. The quantitative estimate of drug-likeness (QED) is 0.739. The Bertz CT molecular complexity index is 596. The summed E-state index contributed by atoms with van der Waals surface area (Å²) in [7, 11) is 0. The van der Waals surface area contributed by atoms with E-state index in [0.717, 1.165) is 6.42 Å². The highest BCUT2D eigenvalue weighted by molar-refractivity contribution is 5.98. The zero-order valence-corrected chi connectivity index (χ0v) is 13.9. The average molecular weight is 333 g/mol. The van der Waals surface area contributed by atoms with Gasteiger partial charge in [0.15, 0.2) is 5.78 Å². The highest BCUT2D eigenvalue weighted by Crippen LogP contribution is 2.20. The van der Waals surface area contributed by atoms with E-state index in [-0.39, 0.29) is 24.5 Å². The van der Waals surface area contributed by atoms with Crippen LogP contribution in [0.5, 0.6) is 5.75 Å². The Hall–Kier alpha value is -2.37. The highest BCUT2D eigenvalue weighted by atomic mass is 16.5. The molecule has 0 radical (unpaired) electrons. The molecule has 1 heterocycles. The lowest BCUT2D eigenvalue weighted by atomic mass is 10.1. The number of carboxylic acids is 1. The van der Waals surface area contributed by atoms with E-state index in [2.05, 4.69) is 0 Å². The third-order valence-electron chi connectivity index (χ3n) is 4.07. The molecule has 1 atom stereocenters. The fraction of sp³-hybridized carbons (Fsp3) is 0.500. The van der Waals surface area contributed by atoms with Gasteiger partial charge in [-0.15, -0.1) is 0 Å². The Morgan fingerprint density at radius 2 is 1.92 bits per heavy atom. The van der Waals surface area contributed by atoms with Crippen molar-refractivity contribution in [2.75, 3.05) is 13.2 Å². The standard InChI is InChI=1S/C18H23NO5/c1-2-12-24-14-7-5-13(6-8-14)16(20)9-10-17(21)19-11-3-4-15(19)18(22)23/h5-8,15H,2-4,9-12H2,1H3,(H,22,23)/t15-/m1/s1. The van der Waals surface area contributed by atoms with Gasteiger partial charge in [0.1, 0.15) is 11.8 Å². The van der Waals surface area contributed by atoms with Crippen LogP contribution >= 0.6 is 0 Å². The molecule has 1 saturated heterocycles. The van der Waals surface area contributed by atoms with Gasteiger partial charge in [-0.1, -0.05) is 6.92 Å². The number of hydrogen-bond donors (Lipinski definition) is 1. The molecule has 1 aliphatic heterocycles. The van der Waals surface area contributed by atoms with Crippen molar-refractivity contribution in [1.82, 2.24) is 4.90 Å². The Labute approximate surface area is 141 Å². The molecular formula is C18H23NO5. The number of ketones is 1. The fourth-order valence-electron chi connectivity index (χ4n) is 2.79. The fourth-order valence-corrected chi connectivity index (χ4v) is 2.79. The van der Waals surface area contributed by atoms with Crippen molar-refractivity contribution in [1.29, 1.82) is 0 Å². The number of nitrogens with zero attached hydrogens (tertiary/aromatic N) is 1. The number of ether oxygens (including phenoxy) is 1. The van der Waals surface area contributed by atoms with Crippen molar-refractivity contribution in [2.45, 2.75) is 45.1 Å². The number of carbonyl (C=O) groups is 3. The third-order valence-corrected chi connectivity index (χ3v) is 4.07. The summed E-state index contributed by atoms with van der Waals surface area (Å²) in [5, 5.41) is 9.10. The van der Waals surface area contributed by atoms with Crippen molar-refractivity contribution in [3.63, 3.8) is 0 Å². The van der Waals surface area contributed by atoms with Gasteiger partial charge in [-0.2, -0.15) is 0 Å². The third kappa shape index (κ3) is 4.57. The number of likely N-dealkylation sites (tertiary alicyclic amines) is 1. The molecule has 0 unspecified atom stereocenters. The number of carbonyl (C=O) groups excluding carboxylic acids is 2. The van der Waals surface area contributed by atoms with E-state index in [1.807, 2.05) is 6.92 Å². The number of rotatable bonds is 8. The van der Waals surface area contributed by atoms with Crippen LogP contribution in [0.25, 0.3) is 0 Å². The van der Waals surface area contributed by atoms with Crippen LogP contribution in [0.2, 0.25) is 0 Å². The summed E-state index contributed by atoms with van der Waals surface area (Å²) in [5.74, 6) is -0.659. The zero-order chi connectivity index (χ0) is 17.5. The van der Waals surface area contributed by atoms with Gasteiger partial charge in [-0.25, -0.2) is 4.79 Å². The van der Waals surface area contributed by atoms with Crippen LogP contribution in [0.4, 0.5) is 0 Å². The topological polar surface area (TPSA) is 83.9 Å². The van der Waals surface area contributed by atoms with E-state index in [1.165, 1.54) is 4.90 Å². The molecule has 1 amide bonds. The maximum Gasteiger partial charge on any atom is 0.326 e. The van der Waals surface area contributed by atoms with E-state index in [4.69, 9.17) is 9.84 Å². The average Bonchev–Trinajstić information content (AvgIpc) is 3.08. The maximum absolute atomic E-state index is 12.2. The lowest BCUT2D eigenvalue weighted by Crippen LogP contribution is -2.40. The number of carboxylic acid groups (broad SMARTS) is 1. The number of benzene rings is 1. The summed E-state index contributed by atoms with van der Waals surface area (Å²) < 4.78 is 5.46. The van der Waals surface area contributed by atoms with Gasteiger partial charge in [0, 0.05) is 24.9 Å². The molecule has 1 fully saturated rings. The minimum Gasteiger partial charge on any atom is -0.494 e. The van der Waals surface area contributed by atoms with Crippen molar-refractivity contribution in [2.24, 2.45) is 0 Å². The SMILES string of the molecule is CCCOc1ccc(C(=O)CCC(=O)N2CCC[C@@H]2C(=O)O)cc1. The maximum atomic E-state index is 12.2. The molecule has 0 bridgehead atoms. The summed E-state index contributed by atoms with van der Waals surface area (Å²) in [6.45, 7) is 3.10. The summed E-state index contributed by atoms with van der Waals surface area (Å²) in [5.41, 5.74) is 0.530. The second-order valence-electron chi connectivity index (χ2n) is 5.88. The first kappa shape index (κ1) is 18.0. The zero-order valence-electron chi connectivity index (χ0n) is 13.9. The van der Waals surface area contributed by atoms with Crippen LogP contribution in [0.15, 0.2) is 24.3 Å². The van der Waals surface area contributed by atoms with E-state index in [1.54, 1.807) is 24.3 Å². The largest absolute Gasteiger partial charge is 0.494 e. The second-order valence-corrected chi connectivity index (χ2v) is 5.88. The van der Waals surface area contributed by atoms with Gasteiger partial charge in [-0.05, 0) is 43.5 Å². The Morgan fingerprint density at radius 3 is 2.54 bits per heavy atom. The molecular weight excluding hydrogens is 310 g/mol. The van der Waals surface area contributed by atoms with E-state index >= 15 is 0 Å². The Balaban J connectivity index is 1.86. The van der Waals surface area contributed by atoms with E-state index in [9.17, 15) is 14.4 Å². The molecule has 0 aliphatic carbocycles. The number of hydrogen-bond acceptors (Lipinski definition) is 4. The summed E-state index contributed by atoms with van der Waals surface area (Å²) in [6.07, 6.45) is 2.20. The highest BCUT2D eigenvalue weighted by Gasteiger charge is 2.33. The Kier molecular flexibility index (Phi) is 6.35. The molecule has 6 heteroatoms. The van der Waals surface area contributed by atoms with Crippen LogP contribution in [-0.2, 0) is 9.59 Å². The van der Waals surface area contributed by atoms with Gasteiger partial charge in [0.25, 0.3) is 0 Å². The van der Waals surface area contributed by atoms with Crippen molar-refractivity contribution < 1.29 is 24.2 Å². The van der Waals surface area contributed by atoms with E-state index in [0.29, 0.717) is 37.3 Å². The van der Waals surface area contributed by atoms with Gasteiger partial charge < -0.3 is 14.7 Å². The molecule has 2 rings (SSSR count). The smallest absolute Gasteiger partial charge is 0.326 e. The van der Waals surface area contributed by atoms with Gasteiger partial charge in [0.2, 0.25) is 5.91 Å². The molecule has 1 aliphatic rings. The minimum absolute atomic E-state index is 0.0384.